The lowest BCUT2D eigenvalue weighted by molar-refractivity contribution is -0.727. The predicted octanol–water partition coefficient (Wildman–Crippen LogP) is -0.0992. The zero-order chi connectivity index (χ0) is 7.56. The van der Waals surface area contributed by atoms with E-state index in [2.05, 4.69) is 30.3 Å². The zero-order valence-electron chi connectivity index (χ0n) is 6.76. The molecular weight excluding hydrogens is 126 g/mol. The molecular formula is C7H14N3+. The summed E-state index contributed by atoms with van der Waals surface area (Å²) < 4.78 is 1.94. The van der Waals surface area contributed by atoms with Gasteiger partial charge in [0.15, 0.2) is 13.2 Å². The van der Waals surface area contributed by atoms with Crippen LogP contribution in [-0.4, -0.2) is 24.1 Å². The van der Waals surface area contributed by atoms with Crippen LogP contribution in [0.2, 0.25) is 0 Å². The van der Waals surface area contributed by atoms with Crippen molar-refractivity contribution >= 4 is 0 Å². The van der Waals surface area contributed by atoms with Crippen molar-refractivity contribution in [3.05, 3.63) is 18.0 Å². The summed E-state index contributed by atoms with van der Waals surface area (Å²) in [6, 6.07) is 0. The van der Waals surface area contributed by atoms with Crippen molar-refractivity contribution in [3.8, 4) is 0 Å². The van der Waals surface area contributed by atoms with Crippen LogP contribution in [0, 0.1) is 0 Å². The number of rotatable bonds is 2. The Kier molecular flexibility index (Phi) is 2.06. The summed E-state index contributed by atoms with van der Waals surface area (Å²) >= 11 is 0. The highest BCUT2D eigenvalue weighted by molar-refractivity contribution is 4.98. The van der Waals surface area contributed by atoms with Crippen LogP contribution in [0.15, 0.2) is 12.4 Å². The van der Waals surface area contributed by atoms with Gasteiger partial charge in [-0.3, -0.25) is 0 Å². The van der Waals surface area contributed by atoms with Gasteiger partial charge in [-0.05, 0) is 14.1 Å². The van der Waals surface area contributed by atoms with Gasteiger partial charge in [0.05, 0.1) is 11.8 Å². The van der Waals surface area contributed by atoms with Gasteiger partial charge in [0.2, 0.25) is 0 Å². The average Bonchev–Trinajstić information content (AvgIpc) is 2.13. The number of hydrogen-bond donors (Lipinski definition) is 1. The first-order valence-electron chi connectivity index (χ1n) is 3.36. The number of aryl methyl sites for hydroxylation is 1. The minimum atomic E-state index is 0.997. The first-order valence-corrected chi connectivity index (χ1v) is 3.36. The van der Waals surface area contributed by atoms with Gasteiger partial charge in [-0.1, -0.05) is 0 Å². The largest absolute Gasteiger partial charge is 0.305 e. The minimum Gasteiger partial charge on any atom is -0.305 e. The minimum absolute atomic E-state index is 0.997. The molecule has 0 saturated carbocycles. The Hall–Kier alpha value is -0.830. The summed E-state index contributed by atoms with van der Waals surface area (Å²) in [7, 11) is 6.11. The van der Waals surface area contributed by atoms with E-state index in [9.17, 15) is 0 Å². The number of H-pyrrole nitrogens is 1. The second kappa shape index (κ2) is 2.84. The molecule has 3 heteroatoms. The highest BCUT2D eigenvalue weighted by Gasteiger charge is 2.00. The van der Waals surface area contributed by atoms with Crippen molar-refractivity contribution in [1.82, 2.24) is 10.00 Å². The van der Waals surface area contributed by atoms with Gasteiger partial charge in [0, 0.05) is 6.54 Å². The fourth-order valence-corrected chi connectivity index (χ4v) is 0.960. The van der Waals surface area contributed by atoms with E-state index < -0.39 is 0 Å². The fraction of sp³-hybridized carbons (Fsp3) is 0.571. The Morgan fingerprint density at radius 2 is 2.30 bits per heavy atom. The van der Waals surface area contributed by atoms with Crippen LogP contribution >= 0.6 is 0 Å². The van der Waals surface area contributed by atoms with Crippen molar-refractivity contribution < 1.29 is 4.68 Å². The maximum absolute atomic E-state index is 3.06. The van der Waals surface area contributed by atoms with E-state index in [1.807, 2.05) is 17.9 Å². The predicted molar refractivity (Wildman–Crippen MR) is 39.4 cm³/mol. The summed E-state index contributed by atoms with van der Waals surface area (Å²) in [4.78, 5) is 2.14. The number of aromatic nitrogens is 2. The van der Waals surface area contributed by atoms with E-state index in [4.69, 9.17) is 0 Å². The van der Waals surface area contributed by atoms with Crippen LogP contribution in [0.1, 0.15) is 5.56 Å². The van der Waals surface area contributed by atoms with Gasteiger partial charge in [0.25, 0.3) is 0 Å². The maximum Gasteiger partial charge on any atom is 0.199 e. The van der Waals surface area contributed by atoms with Crippen LogP contribution in [0.5, 0.6) is 0 Å². The SMILES string of the molecule is CN(C)Cc1c[nH][n+](C)c1. The molecule has 0 aliphatic carbocycles. The van der Waals surface area contributed by atoms with E-state index in [1.54, 1.807) is 0 Å². The molecule has 0 aliphatic heterocycles. The van der Waals surface area contributed by atoms with Crippen LogP contribution in [-0.2, 0) is 13.6 Å². The van der Waals surface area contributed by atoms with Crippen molar-refractivity contribution in [2.75, 3.05) is 14.1 Å². The van der Waals surface area contributed by atoms with Gasteiger partial charge in [-0.15, -0.1) is 4.68 Å². The molecule has 1 aromatic heterocycles. The monoisotopic (exact) mass is 140 g/mol. The molecule has 0 saturated heterocycles. The smallest absolute Gasteiger partial charge is 0.199 e. The first-order chi connectivity index (χ1) is 4.68. The summed E-state index contributed by atoms with van der Waals surface area (Å²) in [5.41, 5.74) is 1.31. The van der Waals surface area contributed by atoms with Gasteiger partial charge < -0.3 is 4.90 Å². The Morgan fingerprint density at radius 1 is 1.60 bits per heavy atom. The third-order valence-electron chi connectivity index (χ3n) is 1.31. The molecule has 0 atom stereocenters. The number of aromatic amines is 1. The molecule has 0 radical (unpaired) electrons. The number of nitrogens with zero attached hydrogens (tertiary/aromatic N) is 2. The second-order valence-electron chi connectivity index (χ2n) is 2.83. The summed E-state index contributed by atoms with van der Waals surface area (Å²) in [5, 5.41) is 3.06. The topological polar surface area (TPSA) is 22.9 Å². The quantitative estimate of drug-likeness (QED) is 0.570. The molecule has 1 rings (SSSR count). The molecule has 0 bridgehead atoms. The van der Waals surface area contributed by atoms with Crippen molar-refractivity contribution in [2.24, 2.45) is 7.05 Å². The normalized spacial score (nSPS) is 10.8. The van der Waals surface area contributed by atoms with Crippen molar-refractivity contribution in [2.45, 2.75) is 6.54 Å². The summed E-state index contributed by atoms with van der Waals surface area (Å²) in [5.74, 6) is 0. The Labute approximate surface area is 61.3 Å². The average molecular weight is 140 g/mol. The number of nitrogens with one attached hydrogen (secondary N) is 1. The molecule has 0 aliphatic rings. The lowest BCUT2D eigenvalue weighted by Crippen LogP contribution is -2.28. The second-order valence-corrected chi connectivity index (χ2v) is 2.83. The molecule has 0 aromatic carbocycles. The van der Waals surface area contributed by atoms with E-state index in [1.165, 1.54) is 5.56 Å². The van der Waals surface area contributed by atoms with Gasteiger partial charge in [0.1, 0.15) is 0 Å². The van der Waals surface area contributed by atoms with E-state index >= 15 is 0 Å². The highest BCUT2D eigenvalue weighted by atomic mass is 15.2. The highest BCUT2D eigenvalue weighted by Crippen LogP contribution is 1.94. The Balaban J connectivity index is 2.58. The lowest BCUT2D eigenvalue weighted by atomic mass is 10.3. The maximum atomic E-state index is 3.06. The Bertz CT molecular complexity index is 202. The number of hydrogen-bond acceptors (Lipinski definition) is 1. The van der Waals surface area contributed by atoms with E-state index in [0.717, 1.165) is 6.54 Å². The van der Waals surface area contributed by atoms with Crippen LogP contribution in [0.3, 0.4) is 0 Å². The summed E-state index contributed by atoms with van der Waals surface area (Å²) in [6.45, 7) is 0.997. The van der Waals surface area contributed by atoms with Gasteiger partial charge >= 0.3 is 0 Å². The standard InChI is InChI=1S/C7H13N3/c1-9(2)5-7-4-8-10(3)6-7/h4,6H,5H2,1-3H3/p+1. The molecule has 3 nitrogen and oxygen atoms in total. The lowest BCUT2D eigenvalue weighted by Gasteiger charge is -2.04. The molecule has 0 amide bonds. The molecule has 1 aromatic rings. The fourth-order valence-electron chi connectivity index (χ4n) is 0.960. The summed E-state index contributed by atoms with van der Waals surface area (Å²) in [6.07, 6.45) is 4.10. The third-order valence-corrected chi connectivity index (χ3v) is 1.31. The van der Waals surface area contributed by atoms with Crippen molar-refractivity contribution in [1.29, 1.82) is 0 Å². The third kappa shape index (κ3) is 1.84. The molecule has 0 unspecified atom stereocenters. The van der Waals surface area contributed by atoms with Crippen molar-refractivity contribution in [3.63, 3.8) is 0 Å². The Morgan fingerprint density at radius 3 is 2.70 bits per heavy atom. The zero-order valence-corrected chi connectivity index (χ0v) is 6.76. The van der Waals surface area contributed by atoms with Crippen LogP contribution < -0.4 is 4.68 Å². The van der Waals surface area contributed by atoms with Crippen LogP contribution in [0.4, 0.5) is 0 Å². The van der Waals surface area contributed by atoms with E-state index in [0.29, 0.717) is 0 Å². The molecule has 1 N–H and O–H groups in total. The first kappa shape index (κ1) is 7.28. The van der Waals surface area contributed by atoms with E-state index in [-0.39, 0.29) is 0 Å². The molecule has 0 spiro atoms. The van der Waals surface area contributed by atoms with Gasteiger partial charge in [-0.25, -0.2) is 0 Å². The van der Waals surface area contributed by atoms with Crippen LogP contribution in [0.25, 0.3) is 0 Å². The molecule has 10 heavy (non-hydrogen) atoms. The molecule has 1 heterocycles. The molecule has 56 valence electrons. The molecule has 0 fully saturated rings. The van der Waals surface area contributed by atoms with Gasteiger partial charge in [-0.2, -0.15) is 5.10 Å².